The van der Waals surface area contributed by atoms with Crippen LogP contribution in [0, 0.1) is 0 Å². The van der Waals surface area contributed by atoms with Crippen LogP contribution in [0.3, 0.4) is 0 Å². The number of fused-ring (bicyclic) bond motifs is 6. The monoisotopic (exact) mass is 385 g/mol. The number of benzene rings is 1. The third-order valence-corrected chi connectivity index (χ3v) is 5.65. The number of para-hydroxylation sites is 1. The number of ether oxygens (including phenoxy) is 1. The summed E-state index contributed by atoms with van der Waals surface area (Å²) in [4.78, 5) is 11.4. The first-order chi connectivity index (χ1) is 13.2. The maximum atomic E-state index is 6.29. The van der Waals surface area contributed by atoms with Crippen molar-refractivity contribution in [3.05, 3.63) is 47.7 Å². The van der Waals surface area contributed by atoms with Gasteiger partial charge in [-0.2, -0.15) is 9.99 Å². The van der Waals surface area contributed by atoms with E-state index in [4.69, 9.17) is 21.0 Å². The lowest BCUT2D eigenvalue weighted by atomic mass is 10.1. The molecule has 3 aliphatic heterocycles. The first kappa shape index (κ1) is 15.3. The lowest BCUT2D eigenvalue weighted by molar-refractivity contribution is 0.0689. The molecule has 0 radical (unpaired) electrons. The van der Waals surface area contributed by atoms with Crippen molar-refractivity contribution in [2.45, 2.75) is 24.6 Å². The summed E-state index contributed by atoms with van der Waals surface area (Å²) in [5.41, 5.74) is 1.78. The van der Waals surface area contributed by atoms with E-state index in [0.29, 0.717) is 18.5 Å². The van der Waals surface area contributed by atoms with E-state index in [9.17, 15) is 0 Å². The minimum atomic E-state index is -0.405. The van der Waals surface area contributed by atoms with Crippen molar-refractivity contribution < 1.29 is 9.26 Å². The van der Waals surface area contributed by atoms with Crippen LogP contribution >= 0.6 is 11.8 Å². The van der Waals surface area contributed by atoms with Crippen molar-refractivity contribution >= 4 is 29.8 Å². The Labute approximate surface area is 160 Å². The summed E-state index contributed by atoms with van der Waals surface area (Å²) in [7, 11) is 1.67. The Kier molecular flexibility index (Phi) is 2.91. The molecular formula is C17H16ClN7O2. The Morgan fingerprint density at radius 3 is 2.96 bits per heavy atom. The summed E-state index contributed by atoms with van der Waals surface area (Å²) in [5, 5.41) is 7.92. The van der Waals surface area contributed by atoms with Crippen LogP contribution in [0.4, 0.5) is 11.7 Å². The van der Waals surface area contributed by atoms with Gasteiger partial charge in [0.05, 0.1) is 11.9 Å². The van der Waals surface area contributed by atoms with Crippen LogP contribution < -0.4 is 9.91 Å². The van der Waals surface area contributed by atoms with Gasteiger partial charge in [-0.3, -0.25) is 4.42 Å². The standard InChI is InChI=1S/C17H16ClN7O2/c1-26-17(6-7-17)15-20-16(27-21-15)24-9-19-14-11-4-2-3-5-12(11)23-10-22(18)8-13(23)25(14)24/h2-5,8-9,14H,6-7,10H2,1H3. The minimum absolute atomic E-state index is 0.209. The first-order valence-corrected chi connectivity index (χ1v) is 9.06. The molecule has 0 spiro atoms. The second-order valence-corrected chi connectivity index (χ2v) is 7.38. The first-order valence-electron chi connectivity index (χ1n) is 8.72. The topological polar surface area (TPSA) is 73.5 Å². The number of nitrogens with zero attached hydrogens (tertiary/aromatic N) is 7. The van der Waals surface area contributed by atoms with E-state index >= 15 is 0 Å². The predicted molar refractivity (Wildman–Crippen MR) is 97.3 cm³/mol. The molecule has 27 heavy (non-hydrogen) atoms. The molecule has 1 aromatic carbocycles. The third-order valence-electron chi connectivity index (χ3n) is 5.44. The molecule has 0 saturated heterocycles. The summed E-state index contributed by atoms with van der Waals surface area (Å²) in [6.45, 7) is 0.548. The third kappa shape index (κ3) is 2.00. The van der Waals surface area contributed by atoms with Gasteiger partial charge in [0.2, 0.25) is 5.82 Å². The number of aromatic nitrogens is 2. The molecular weight excluding hydrogens is 370 g/mol. The number of hydrazine groups is 1. The molecule has 0 bridgehead atoms. The molecule has 0 N–H and O–H groups in total. The lowest BCUT2D eigenvalue weighted by Crippen LogP contribution is -2.46. The second-order valence-electron chi connectivity index (χ2n) is 6.94. The largest absolute Gasteiger partial charge is 0.370 e. The molecule has 10 heteroatoms. The number of hydrogen-bond donors (Lipinski definition) is 0. The van der Waals surface area contributed by atoms with Crippen molar-refractivity contribution in [3.63, 3.8) is 0 Å². The number of halogens is 1. The number of hydrogen-bond acceptors (Lipinski definition) is 9. The molecule has 1 atom stereocenters. The zero-order valence-electron chi connectivity index (χ0n) is 14.5. The lowest BCUT2D eigenvalue weighted by Gasteiger charge is -2.41. The Bertz CT molecular complexity index is 985. The van der Waals surface area contributed by atoms with E-state index in [1.54, 1.807) is 22.9 Å². The van der Waals surface area contributed by atoms with E-state index in [1.807, 2.05) is 23.3 Å². The van der Waals surface area contributed by atoms with E-state index in [1.165, 1.54) is 0 Å². The molecule has 1 saturated carbocycles. The molecule has 138 valence electrons. The highest BCUT2D eigenvalue weighted by atomic mass is 35.5. The van der Waals surface area contributed by atoms with E-state index in [0.717, 1.165) is 29.9 Å². The molecule has 1 unspecified atom stereocenters. The van der Waals surface area contributed by atoms with Crippen LogP contribution in [0.1, 0.15) is 30.4 Å². The molecule has 0 amide bonds. The zero-order valence-corrected chi connectivity index (χ0v) is 15.2. The summed E-state index contributed by atoms with van der Waals surface area (Å²) in [6, 6.07) is 8.54. The zero-order chi connectivity index (χ0) is 18.2. The number of anilines is 2. The normalized spacial score (nSPS) is 24.1. The Balaban J connectivity index is 1.42. The smallest absolute Gasteiger partial charge is 0.348 e. The van der Waals surface area contributed by atoms with Crippen molar-refractivity contribution in [1.29, 1.82) is 0 Å². The molecule has 1 aromatic heterocycles. The van der Waals surface area contributed by atoms with Crippen molar-refractivity contribution in [3.8, 4) is 0 Å². The van der Waals surface area contributed by atoms with Gasteiger partial charge in [-0.25, -0.2) is 10.0 Å². The summed E-state index contributed by atoms with van der Waals surface area (Å²) in [6.07, 6.45) is 5.18. The summed E-state index contributed by atoms with van der Waals surface area (Å²) < 4.78 is 12.7. The van der Waals surface area contributed by atoms with Gasteiger partial charge >= 0.3 is 6.01 Å². The highest BCUT2D eigenvalue weighted by Gasteiger charge is 2.50. The molecule has 4 heterocycles. The van der Waals surface area contributed by atoms with Crippen molar-refractivity contribution in [1.82, 2.24) is 19.6 Å². The minimum Gasteiger partial charge on any atom is -0.370 e. The van der Waals surface area contributed by atoms with Crippen molar-refractivity contribution in [2.75, 3.05) is 23.7 Å². The Morgan fingerprint density at radius 2 is 2.15 bits per heavy atom. The predicted octanol–water partition coefficient (Wildman–Crippen LogP) is 2.52. The molecule has 9 nitrogen and oxygen atoms in total. The van der Waals surface area contributed by atoms with Gasteiger partial charge in [-0.1, -0.05) is 23.4 Å². The maximum Gasteiger partial charge on any atom is 0.348 e. The van der Waals surface area contributed by atoms with Crippen LogP contribution in [-0.4, -0.2) is 39.7 Å². The number of aliphatic imine (C=N–C) groups is 1. The average Bonchev–Trinajstić information content (AvgIpc) is 3.03. The van der Waals surface area contributed by atoms with E-state index < -0.39 is 5.60 Å². The average molecular weight is 386 g/mol. The van der Waals surface area contributed by atoms with Gasteiger partial charge < -0.3 is 14.2 Å². The molecule has 4 aliphatic rings. The van der Waals surface area contributed by atoms with Gasteiger partial charge in [0, 0.05) is 24.4 Å². The van der Waals surface area contributed by atoms with Gasteiger partial charge in [-0.15, -0.1) is 0 Å². The van der Waals surface area contributed by atoms with Gasteiger partial charge in [0.15, 0.2) is 6.17 Å². The quantitative estimate of drug-likeness (QED) is 0.746. The Morgan fingerprint density at radius 1 is 1.30 bits per heavy atom. The molecule has 1 aliphatic carbocycles. The van der Waals surface area contributed by atoms with Crippen LogP contribution in [-0.2, 0) is 10.3 Å². The SMILES string of the molecule is COC1(c2noc(N3C=NC4c5ccccc5N5CN(Cl)C=C5N43)n2)CC1. The fourth-order valence-corrected chi connectivity index (χ4v) is 4.05. The highest BCUT2D eigenvalue weighted by Crippen LogP contribution is 2.49. The summed E-state index contributed by atoms with van der Waals surface area (Å²) in [5.74, 6) is 1.48. The fraction of sp³-hybridized carbons (Fsp3) is 0.353. The van der Waals surface area contributed by atoms with Gasteiger partial charge in [0.1, 0.15) is 24.4 Å². The van der Waals surface area contributed by atoms with E-state index in [2.05, 4.69) is 32.2 Å². The second kappa shape index (κ2) is 5.14. The summed E-state index contributed by atoms with van der Waals surface area (Å²) >= 11 is 6.29. The van der Waals surface area contributed by atoms with Gasteiger partial charge in [-0.05, 0) is 18.9 Å². The van der Waals surface area contributed by atoms with E-state index in [-0.39, 0.29) is 6.17 Å². The molecule has 2 aromatic rings. The molecule has 6 rings (SSSR count). The van der Waals surface area contributed by atoms with Crippen LogP contribution in [0.25, 0.3) is 0 Å². The molecule has 1 fully saturated rings. The Hall–Kier alpha value is -2.78. The maximum absolute atomic E-state index is 6.29. The van der Waals surface area contributed by atoms with Crippen LogP contribution in [0.15, 0.2) is 45.8 Å². The fourth-order valence-electron chi connectivity index (χ4n) is 3.86. The highest BCUT2D eigenvalue weighted by molar-refractivity contribution is 6.14. The van der Waals surface area contributed by atoms with Crippen LogP contribution in [0.2, 0.25) is 0 Å². The number of rotatable bonds is 3. The van der Waals surface area contributed by atoms with Gasteiger partial charge in [0.25, 0.3) is 0 Å². The number of methoxy groups -OCH3 is 1. The van der Waals surface area contributed by atoms with Crippen molar-refractivity contribution in [2.24, 2.45) is 4.99 Å². The van der Waals surface area contributed by atoms with Crippen LogP contribution in [0.5, 0.6) is 0 Å².